The molecule has 0 saturated carbocycles. The van der Waals surface area contributed by atoms with Crippen molar-refractivity contribution >= 4 is 0 Å². The van der Waals surface area contributed by atoms with E-state index in [1.165, 1.54) is 0 Å². The van der Waals surface area contributed by atoms with Gasteiger partial charge in [0.05, 0.1) is 0 Å². The Hall–Kier alpha value is -0.890. The minimum Gasteiger partial charge on any atom is -0.316 e. The topological polar surface area (TPSA) is 12.0 Å². The molecule has 1 aromatic carbocycles. The van der Waals surface area contributed by atoms with E-state index in [1.54, 1.807) is 0 Å². The van der Waals surface area contributed by atoms with Crippen LogP contribution in [0.5, 0.6) is 0 Å². The average molecular weight is 179 g/mol. The van der Waals surface area contributed by atoms with E-state index in [9.17, 15) is 4.39 Å². The van der Waals surface area contributed by atoms with E-state index < -0.39 is 6.17 Å². The molecule has 1 fully saturated rings. The summed E-state index contributed by atoms with van der Waals surface area (Å²) in [6.07, 6.45) is -0.789. The van der Waals surface area contributed by atoms with Crippen molar-refractivity contribution < 1.29 is 4.39 Å². The van der Waals surface area contributed by atoms with Crippen molar-refractivity contribution in [1.29, 1.82) is 0 Å². The number of benzene rings is 1. The lowest BCUT2D eigenvalue weighted by atomic mass is 9.90. The minimum absolute atomic E-state index is 0.182. The molecule has 2 rings (SSSR count). The first-order valence-corrected chi connectivity index (χ1v) is 4.69. The van der Waals surface area contributed by atoms with Crippen molar-refractivity contribution in [2.24, 2.45) is 5.92 Å². The number of rotatable bonds is 2. The number of nitrogens with one attached hydrogen (secondary N) is 1. The molecule has 1 aromatic rings. The molecule has 0 spiro atoms. The first-order valence-electron chi connectivity index (χ1n) is 4.69. The molecule has 0 aliphatic carbocycles. The van der Waals surface area contributed by atoms with Crippen LogP contribution in [0.1, 0.15) is 17.3 Å². The zero-order valence-electron chi connectivity index (χ0n) is 7.76. The Balaban J connectivity index is 2.18. The van der Waals surface area contributed by atoms with Gasteiger partial charge in [-0.25, -0.2) is 4.39 Å². The van der Waals surface area contributed by atoms with Gasteiger partial charge in [0.15, 0.2) is 0 Å². The molecule has 0 aromatic heterocycles. The van der Waals surface area contributed by atoms with Crippen LogP contribution in [0.25, 0.3) is 0 Å². The summed E-state index contributed by atoms with van der Waals surface area (Å²) in [5, 5.41) is 3.09. The Kier molecular flexibility index (Phi) is 2.32. The summed E-state index contributed by atoms with van der Waals surface area (Å²) in [4.78, 5) is 0. The summed E-state index contributed by atoms with van der Waals surface area (Å²) < 4.78 is 13.8. The van der Waals surface area contributed by atoms with E-state index in [0.29, 0.717) is 0 Å². The normalized spacial score (nSPS) is 19.5. The second kappa shape index (κ2) is 3.46. The Bertz CT molecular complexity index is 294. The second-order valence-corrected chi connectivity index (χ2v) is 3.68. The number of halogens is 1. The fourth-order valence-electron chi connectivity index (χ4n) is 1.67. The van der Waals surface area contributed by atoms with Crippen LogP contribution in [-0.2, 0) is 0 Å². The van der Waals surface area contributed by atoms with E-state index >= 15 is 0 Å². The summed E-state index contributed by atoms with van der Waals surface area (Å²) >= 11 is 0. The van der Waals surface area contributed by atoms with Crippen molar-refractivity contribution in [3.8, 4) is 0 Å². The van der Waals surface area contributed by atoms with Gasteiger partial charge in [-0.3, -0.25) is 0 Å². The maximum atomic E-state index is 13.8. The fourth-order valence-corrected chi connectivity index (χ4v) is 1.67. The minimum atomic E-state index is -0.789. The molecule has 1 aliphatic heterocycles. The number of aryl methyl sites for hydroxylation is 1. The van der Waals surface area contributed by atoms with E-state index in [-0.39, 0.29) is 5.92 Å². The lowest BCUT2D eigenvalue weighted by molar-refractivity contribution is 0.171. The molecule has 0 amide bonds. The molecule has 0 radical (unpaired) electrons. The SMILES string of the molecule is Cc1ccccc1C(F)C1CNC1. The molecule has 1 saturated heterocycles. The van der Waals surface area contributed by atoms with E-state index in [2.05, 4.69) is 5.32 Å². The molecule has 1 nitrogen and oxygen atoms in total. The highest BCUT2D eigenvalue weighted by Crippen LogP contribution is 2.30. The van der Waals surface area contributed by atoms with Crippen LogP contribution in [-0.4, -0.2) is 13.1 Å². The standard InChI is InChI=1S/C11H14FN/c1-8-4-2-3-5-10(8)11(12)9-6-13-7-9/h2-5,9,11,13H,6-7H2,1H3. The lowest BCUT2D eigenvalue weighted by Gasteiger charge is -2.30. The zero-order valence-corrected chi connectivity index (χ0v) is 7.76. The van der Waals surface area contributed by atoms with E-state index in [0.717, 1.165) is 24.2 Å². The van der Waals surface area contributed by atoms with Crippen molar-refractivity contribution in [2.75, 3.05) is 13.1 Å². The van der Waals surface area contributed by atoms with Gasteiger partial charge in [-0.1, -0.05) is 24.3 Å². The number of alkyl halides is 1. The van der Waals surface area contributed by atoms with Crippen molar-refractivity contribution in [3.05, 3.63) is 35.4 Å². The van der Waals surface area contributed by atoms with E-state index in [4.69, 9.17) is 0 Å². The number of hydrogen-bond donors (Lipinski definition) is 1. The third-order valence-electron chi connectivity index (χ3n) is 2.71. The summed E-state index contributed by atoms with van der Waals surface area (Å²) in [5.74, 6) is 0.182. The maximum Gasteiger partial charge on any atom is 0.131 e. The summed E-state index contributed by atoms with van der Waals surface area (Å²) in [7, 11) is 0. The smallest absolute Gasteiger partial charge is 0.131 e. The first kappa shape index (κ1) is 8.70. The molecule has 1 N–H and O–H groups in total. The van der Waals surface area contributed by atoms with Crippen molar-refractivity contribution in [3.63, 3.8) is 0 Å². The molecule has 13 heavy (non-hydrogen) atoms. The van der Waals surface area contributed by atoms with Crippen LogP contribution >= 0.6 is 0 Å². The van der Waals surface area contributed by atoms with Gasteiger partial charge in [0.2, 0.25) is 0 Å². The molecule has 1 unspecified atom stereocenters. The average Bonchev–Trinajstić information content (AvgIpc) is 2.01. The third-order valence-corrected chi connectivity index (χ3v) is 2.71. The highest BCUT2D eigenvalue weighted by atomic mass is 19.1. The Morgan fingerprint density at radius 2 is 2.08 bits per heavy atom. The largest absolute Gasteiger partial charge is 0.316 e. The fraction of sp³-hybridized carbons (Fsp3) is 0.455. The molecular weight excluding hydrogens is 165 g/mol. The van der Waals surface area contributed by atoms with Crippen LogP contribution in [0.15, 0.2) is 24.3 Å². The summed E-state index contributed by atoms with van der Waals surface area (Å²) in [6.45, 7) is 3.60. The molecule has 70 valence electrons. The first-order chi connectivity index (χ1) is 6.29. The van der Waals surface area contributed by atoms with Gasteiger partial charge in [0.25, 0.3) is 0 Å². The monoisotopic (exact) mass is 179 g/mol. The van der Waals surface area contributed by atoms with Gasteiger partial charge in [0.1, 0.15) is 6.17 Å². The van der Waals surface area contributed by atoms with Crippen LogP contribution in [0, 0.1) is 12.8 Å². The predicted octanol–water partition coefficient (Wildman–Crippen LogP) is 2.23. The molecule has 1 atom stereocenters. The van der Waals surface area contributed by atoms with Crippen LogP contribution in [0.2, 0.25) is 0 Å². The van der Waals surface area contributed by atoms with Gasteiger partial charge in [0, 0.05) is 19.0 Å². The maximum absolute atomic E-state index is 13.8. The zero-order chi connectivity index (χ0) is 9.26. The Morgan fingerprint density at radius 1 is 1.38 bits per heavy atom. The Labute approximate surface area is 78.0 Å². The summed E-state index contributed by atoms with van der Waals surface area (Å²) in [6, 6.07) is 7.71. The van der Waals surface area contributed by atoms with Crippen molar-refractivity contribution in [2.45, 2.75) is 13.1 Å². The number of hydrogen-bond acceptors (Lipinski definition) is 1. The van der Waals surface area contributed by atoms with Crippen LogP contribution in [0.3, 0.4) is 0 Å². The predicted molar refractivity (Wildman–Crippen MR) is 51.4 cm³/mol. The highest BCUT2D eigenvalue weighted by Gasteiger charge is 2.28. The second-order valence-electron chi connectivity index (χ2n) is 3.68. The Morgan fingerprint density at radius 3 is 2.62 bits per heavy atom. The lowest BCUT2D eigenvalue weighted by Crippen LogP contribution is -2.44. The van der Waals surface area contributed by atoms with Gasteiger partial charge in [-0.05, 0) is 18.1 Å². The molecule has 1 aliphatic rings. The van der Waals surface area contributed by atoms with Gasteiger partial charge in [-0.15, -0.1) is 0 Å². The van der Waals surface area contributed by atoms with Gasteiger partial charge < -0.3 is 5.32 Å². The van der Waals surface area contributed by atoms with Gasteiger partial charge >= 0.3 is 0 Å². The molecule has 0 bridgehead atoms. The molecule has 1 heterocycles. The quantitative estimate of drug-likeness (QED) is 0.734. The summed E-state index contributed by atoms with van der Waals surface area (Å²) in [5.41, 5.74) is 1.91. The third kappa shape index (κ3) is 1.59. The van der Waals surface area contributed by atoms with Crippen LogP contribution in [0.4, 0.5) is 4.39 Å². The molecular formula is C11H14FN. The van der Waals surface area contributed by atoms with Crippen molar-refractivity contribution in [1.82, 2.24) is 5.32 Å². The van der Waals surface area contributed by atoms with Gasteiger partial charge in [-0.2, -0.15) is 0 Å². The van der Waals surface area contributed by atoms with E-state index in [1.807, 2.05) is 31.2 Å². The molecule has 2 heteroatoms. The highest BCUT2D eigenvalue weighted by molar-refractivity contribution is 5.28. The van der Waals surface area contributed by atoms with Crippen LogP contribution < -0.4 is 5.32 Å².